The van der Waals surface area contributed by atoms with Crippen LogP contribution in [0.25, 0.3) is 0 Å². The normalized spacial score (nSPS) is 22.9. The molecule has 0 saturated heterocycles. The molecule has 0 aromatic heterocycles. The highest BCUT2D eigenvalue weighted by molar-refractivity contribution is 6.01. The van der Waals surface area contributed by atoms with E-state index in [9.17, 15) is 14.7 Å². The standard InChI is InChI=1S/C17H21NO4/c1-22-11-10-18-15(19)13-7-3-2-6-12(13)14(16(20)21)17(18)8-4-5-9-17/h2-3,6-7,14H,4-5,8-11H2,1H3,(H,20,21)/t14-/m0/s1. The van der Waals surface area contributed by atoms with Gasteiger partial charge in [0.25, 0.3) is 5.91 Å². The zero-order chi connectivity index (χ0) is 15.7. The zero-order valence-electron chi connectivity index (χ0n) is 12.7. The molecule has 1 aliphatic heterocycles. The van der Waals surface area contributed by atoms with E-state index in [0.29, 0.717) is 24.3 Å². The number of aliphatic carboxylic acids is 1. The van der Waals surface area contributed by atoms with Crippen molar-refractivity contribution >= 4 is 11.9 Å². The molecule has 2 aliphatic rings. The number of carboxylic acid groups (broad SMARTS) is 1. The molecule has 22 heavy (non-hydrogen) atoms. The summed E-state index contributed by atoms with van der Waals surface area (Å²) >= 11 is 0. The number of ether oxygens (including phenoxy) is 1. The van der Waals surface area contributed by atoms with Crippen molar-refractivity contribution in [1.29, 1.82) is 0 Å². The minimum Gasteiger partial charge on any atom is -0.481 e. The van der Waals surface area contributed by atoms with Crippen LogP contribution in [0.1, 0.15) is 47.5 Å². The van der Waals surface area contributed by atoms with E-state index in [1.165, 1.54) is 0 Å². The molecule has 0 radical (unpaired) electrons. The number of hydrogen-bond donors (Lipinski definition) is 1. The number of carbonyl (C=O) groups excluding carboxylic acids is 1. The van der Waals surface area contributed by atoms with Gasteiger partial charge >= 0.3 is 5.97 Å². The van der Waals surface area contributed by atoms with E-state index >= 15 is 0 Å². The minimum absolute atomic E-state index is 0.0629. The third-order valence-electron chi connectivity index (χ3n) is 5.06. The van der Waals surface area contributed by atoms with Crippen molar-refractivity contribution in [2.45, 2.75) is 37.1 Å². The summed E-state index contributed by atoms with van der Waals surface area (Å²) in [6.45, 7) is 0.857. The van der Waals surface area contributed by atoms with Crippen molar-refractivity contribution in [1.82, 2.24) is 4.90 Å². The van der Waals surface area contributed by atoms with E-state index in [1.807, 2.05) is 6.07 Å². The van der Waals surface area contributed by atoms with Gasteiger partial charge in [0.05, 0.1) is 12.1 Å². The average molecular weight is 303 g/mol. The highest BCUT2D eigenvalue weighted by atomic mass is 16.5. The molecule has 5 heteroatoms. The molecular weight excluding hydrogens is 282 g/mol. The van der Waals surface area contributed by atoms with Crippen LogP contribution in [-0.4, -0.2) is 47.7 Å². The highest BCUT2D eigenvalue weighted by Gasteiger charge is 2.55. The molecule has 1 saturated carbocycles. The first-order valence-corrected chi connectivity index (χ1v) is 7.74. The molecular formula is C17H21NO4. The Kier molecular flexibility index (Phi) is 3.91. The minimum atomic E-state index is -0.843. The van der Waals surface area contributed by atoms with Gasteiger partial charge in [-0.1, -0.05) is 31.0 Å². The Balaban J connectivity index is 2.15. The number of carbonyl (C=O) groups is 2. The molecule has 1 fully saturated rings. The molecule has 1 amide bonds. The third kappa shape index (κ3) is 2.11. The molecule has 3 rings (SSSR count). The first-order valence-electron chi connectivity index (χ1n) is 7.74. The Morgan fingerprint density at radius 2 is 2.05 bits per heavy atom. The summed E-state index contributed by atoms with van der Waals surface area (Å²) in [5.41, 5.74) is 0.578. The van der Waals surface area contributed by atoms with Crippen LogP contribution in [0.4, 0.5) is 0 Å². The van der Waals surface area contributed by atoms with E-state index in [4.69, 9.17) is 4.74 Å². The number of benzene rings is 1. The van der Waals surface area contributed by atoms with Gasteiger partial charge in [0.1, 0.15) is 5.92 Å². The second-order valence-electron chi connectivity index (χ2n) is 6.12. The predicted molar refractivity (Wildman–Crippen MR) is 80.9 cm³/mol. The van der Waals surface area contributed by atoms with Crippen LogP contribution < -0.4 is 0 Å². The Bertz CT molecular complexity index is 592. The molecule has 0 unspecified atom stereocenters. The summed E-state index contributed by atoms with van der Waals surface area (Å²) in [7, 11) is 1.60. The van der Waals surface area contributed by atoms with Crippen molar-refractivity contribution in [3.8, 4) is 0 Å². The summed E-state index contributed by atoms with van der Waals surface area (Å²) in [6, 6.07) is 7.13. The van der Waals surface area contributed by atoms with Gasteiger partial charge < -0.3 is 14.7 Å². The fourth-order valence-corrected chi connectivity index (χ4v) is 4.15. The van der Waals surface area contributed by atoms with E-state index in [0.717, 1.165) is 25.7 Å². The first-order chi connectivity index (χ1) is 10.6. The van der Waals surface area contributed by atoms with Crippen molar-refractivity contribution in [2.24, 2.45) is 0 Å². The van der Waals surface area contributed by atoms with Gasteiger partial charge in [-0.15, -0.1) is 0 Å². The first kappa shape index (κ1) is 15.0. The van der Waals surface area contributed by atoms with Crippen LogP contribution >= 0.6 is 0 Å². The summed E-state index contributed by atoms with van der Waals surface area (Å²) in [4.78, 5) is 26.7. The number of rotatable bonds is 4. The molecule has 1 atom stereocenters. The van der Waals surface area contributed by atoms with Crippen molar-refractivity contribution in [3.63, 3.8) is 0 Å². The summed E-state index contributed by atoms with van der Waals surface area (Å²) < 4.78 is 5.14. The van der Waals surface area contributed by atoms with Crippen LogP contribution in [0.2, 0.25) is 0 Å². The maximum Gasteiger partial charge on any atom is 0.313 e. The monoisotopic (exact) mass is 303 g/mol. The second-order valence-corrected chi connectivity index (χ2v) is 6.12. The Labute approximate surface area is 129 Å². The largest absolute Gasteiger partial charge is 0.481 e. The van der Waals surface area contributed by atoms with Gasteiger partial charge in [-0.2, -0.15) is 0 Å². The summed E-state index contributed by atoms with van der Waals surface area (Å²) in [5, 5.41) is 9.87. The molecule has 118 valence electrons. The molecule has 1 aliphatic carbocycles. The SMILES string of the molecule is COCCN1C(=O)c2ccccc2[C@@H](C(=O)O)C12CCCC2. The third-order valence-corrected chi connectivity index (χ3v) is 5.06. The molecule has 0 bridgehead atoms. The lowest BCUT2D eigenvalue weighted by atomic mass is 9.71. The molecule has 1 spiro atoms. The van der Waals surface area contributed by atoms with Gasteiger partial charge in [-0.05, 0) is 24.5 Å². The van der Waals surface area contributed by atoms with Gasteiger partial charge in [-0.25, -0.2) is 0 Å². The number of hydrogen-bond acceptors (Lipinski definition) is 3. The number of amides is 1. The molecule has 1 heterocycles. The van der Waals surface area contributed by atoms with Crippen LogP contribution in [-0.2, 0) is 9.53 Å². The molecule has 1 aromatic rings. The topological polar surface area (TPSA) is 66.8 Å². The maximum absolute atomic E-state index is 12.9. The number of methoxy groups -OCH3 is 1. The van der Waals surface area contributed by atoms with Crippen molar-refractivity contribution in [3.05, 3.63) is 35.4 Å². The Morgan fingerprint density at radius 1 is 1.36 bits per heavy atom. The van der Waals surface area contributed by atoms with E-state index in [-0.39, 0.29) is 5.91 Å². The van der Waals surface area contributed by atoms with Crippen LogP contribution in [0.3, 0.4) is 0 Å². The quantitative estimate of drug-likeness (QED) is 0.926. The summed E-state index contributed by atoms with van der Waals surface area (Å²) in [6.07, 6.45) is 3.41. The number of carboxylic acids is 1. The lowest BCUT2D eigenvalue weighted by Gasteiger charge is -2.49. The second kappa shape index (κ2) is 5.72. The molecule has 1 aromatic carbocycles. The number of fused-ring (bicyclic) bond motifs is 1. The van der Waals surface area contributed by atoms with E-state index < -0.39 is 17.4 Å². The Morgan fingerprint density at radius 3 is 2.68 bits per heavy atom. The molecule has 5 nitrogen and oxygen atoms in total. The fourth-order valence-electron chi connectivity index (χ4n) is 4.15. The maximum atomic E-state index is 12.9. The van der Waals surface area contributed by atoms with Gasteiger partial charge in [0.2, 0.25) is 0 Å². The predicted octanol–water partition coefficient (Wildman–Crippen LogP) is 2.27. The van der Waals surface area contributed by atoms with Crippen LogP contribution in [0.5, 0.6) is 0 Å². The lowest BCUT2D eigenvalue weighted by Crippen LogP contribution is -2.59. The molecule has 1 N–H and O–H groups in total. The number of nitrogens with zero attached hydrogens (tertiary/aromatic N) is 1. The van der Waals surface area contributed by atoms with Crippen molar-refractivity contribution in [2.75, 3.05) is 20.3 Å². The smallest absolute Gasteiger partial charge is 0.313 e. The highest BCUT2D eigenvalue weighted by Crippen LogP contribution is 2.50. The van der Waals surface area contributed by atoms with Gasteiger partial charge in [0, 0.05) is 19.2 Å². The summed E-state index contributed by atoms with van der Waals surface area (Å²) in [5.74, 6) is -1.56. The van der Waals surface area contributed by atoms with Gasteiger partial charge in [0.15, 0.2) is 0 Å². The zero-order valence-corrected chi connectivity index (χ0v) is 12.7. The fraction of sp³-hybridized carbons (Fsp3) is 0.529. The lowest BCUT2D eigenvalue weighted by molar-refractivity contribution is -0.143. The van der Waals surface area contributed by atoms with Crippen LogP contribution in [0, 0.1) is 0 Å². The van der Waals surface area contributed by atoms with E-state index in [1.54, 1.807) is 30.2 Å². The van der Waals surface area contributed by atoms with Crippen LogP contribution in [0.15, 0.2) is 24.3 Å². The van der Waals surface area contributed by atoms with Gasteiger partial charge in [-0.3, -0.25) is 9.59 Å². The van der Waals surface area contributed by atoms with E-state index in [2.05, 4.69) is 0 Å². The Hall–Kier alpha value is -1.88. The average Bonchev–Trinajstić information content (AvgIpc) is 2.97. The van der Waals surface area contributed by atoms with Crippen molar-refractivity contribution < 1.29 is 19.4 Å².